The SMILES string of the molecule is C[C@H]1C[C@@H](CCO)O[C@]12C(=O)N(Cc1cccc(N3C(=O)c4cccc5cccc3c45)c1)c1ccccc12. The van der Waals surface area contributed by atoms with Crippen molar-refractivity contribution in [1.29, 1.82) is 0 Å². The van der Waals surface area contributed by atoms with Crippen LogP contribution < -0.4 is 9.80 Å². The number of hydrogen-bond acceptors (Lipinski definition) is 4. The smallest absolute Gasteiger partial charge is 0.264 e. The Kier molecular flexibility index (Phi) is 5.18. The van der Waals surface area contributed by atoms with E-state index in [1.54, 1.807) is 4.90 Å². The van der Waals surface area contributed by atoms with Crippen molar-refractivity contribution < 1.29 is 19.4 Å². The number of fused-ring (bicyclic) bond motifs is 2. The van der Waals surface area contributed by atoms with E-state index in [2.05, 4.69) is 6.92 Å². The quantitative estimate of drug-likeness (QED) is 0.380. The number of aliphatic hydroxyl groups is 1. The number of anilines is 3. The molecule has 1 spiro atoms. The second-order valence-electron chi connectivity index (χ2n) is 10.5. The van der Waals surface area contributed by atoms with Gasteiger partial charge in [-0.1, -0.05) is 61.5 Å². The molecule has 0 unspecified atom stereocenters. The average Bonchev–Trinajstić information content (AvgIpc) is 3.50. The van der Waals surface area contributed by atoms with Crippen molar-refractivity contribution in [3.63, 3.8) is 0 Å². The summed E-state index contributed by atoms with van der Waals surface area (Å²) >= 11 is 0. The van der Waals surface area contributed by atoms with Gasteiger partial charge in [-0.05, 0) is 54.1 Å². The van der Waals surface area contributed by atoms with Gasteiger partial charge in [-0.25, -0.2) is 0 Å². The molecule has 6 heteroatoms. The molecule has 7 rings (SSSR count). The van der Waals surface area contributed by atoms with Crippen LogP contribution in [0.15, 0.2) is 84.9 Å². The molecule has 0 saturated carbocycles. The number of rotatable bonds is 5. The first-order chi connectivity index (χ1) is 18.5. The van der Waals surface area contributed by atoms with E-state index in [1.165, 1.54) is 0 Å². The lowest BCUT2D eigenvalue weighted by molar-refractivity contribution is -0.146. The summed E-state index contributed by atoms with van der Waals surface area (Å²) in [6.45, 7) is 2.46. The van der Waals surface area contributed by atoms with Gasteiger partial charge in [0.05, 0.1) is 29.6 Å². The summed E-state index contributed by atoms with van der Waals surface area (Å²) in [6.07, 6.45) is 1.09. The van der Waals surface area contributed by atoms with Gasteiger partial charge in [0.2, 0.25) is 0 Å². The summed E-state index contributed by atoms with van der Waals surface area (Å²) in [6, 6.07) is 27.5. The first kappa shape index (κ1) is 23.1. The van der Waals surface area contributed by atoms with Crippen LogP contribution in [0.5, 0.6) is 0 Å². The zero-order valence-electron chi connectivity index (χ0n) is 21.1. The number of para-hydroxylation sites is 1. The molecule has 3 aliphatic heterocycles. The third kappa shape index (κ3) is 3.14. The highest BCUT2D eigenvalue weighted by molar-refractivity contribution is 6.27. The number of aliphatic hydroxyl groups excluding tert-OH is 1. The van der Waals surface area contributed by atoms with Crippen molar-refractivity contribution >= 4 is 39.6 Å². The molecule has 0 bridgehead atoms. The van der Waals surface area contributed by atoms with E-state index in [1.807, 2.05) is 89.8 Å². The molecule has 2 amide bonds. The van der Waals surface area contributed by atoms with E-state index in [0.717, 1.165) is 45.4 Å². The Morgan fingerprint density at radius 3 is 2.55 bits per heavy atom. The third-order valence-electron chi connectivity index (χ3n) is 8.34. The lowest BCUT2D eigenvalue weighted by Crippen LogP contribution is -2.43. The summed E-state index contributed by atoms with van der Waals surface area (Å²) in [5, 5.41) is 11.5. The van der Waals surface area contributed by atoms with Crippen molar-refractivity contribution in [2.75, 3.05) is 16.4 Å². The maximum atomic E-state index is 14.1. The Balaban J connectivity index is 1.24. The first-order valence-corrected chi connectivity index (χ1v) is 13.2. The molecule has 1 saturated heterocycles. The average molecular weight is 505 g/mol. The highest BCUT2D eigenvalue weighted by Crippen LogP contribution is 2.53. The van der Waals surface area contributed by atoms with Crippen LogP contribution >= 0.6 is 0 Å². The minimum Gasteiger partial charge on any atom is -0.396 e. The predicted molar refractivity (Wildman–Crippen MR) is 147 cm³/mol. The molecule has 3 aliphatic rings. The summed E-state index contributed by atoms with van der Waals surface area (Å²) in [4.78, 5) is 31.1. The lowest BCUT2D eigenvalue weighted by Gasteiger charge is -2.28. The Hall–Kier alpha value is -4.00. The van der Waals surface area contributed by atoms with Gasteiger partial charge in [-0.3, -0.25) is 14.5 Å². The Bertz CT molecular complexity index is 1610. The van der Waals surface area contributed by atoms with Crippen LogP contribution in [0.4, 0.5) is 17.1 Å². The Labute approximate surface area is 221 Å². The van der Waals surface area contributed by atoms with E-state index in [4.69, 9.17) is 4.74 Å². The highest BCUT2D eigenvalue weighted by Gasteiger charge is 2.59. The standard InChI is InChI=1S/C32H28N2O4/c1-20-17-24(15-16-35)38-32(20)26-12-2-3-13-27(26)33(31(32)37)19-21-7-4-10-23(18-21)34-28-14-6-9-22-8-5-11-25(29(22)28)30(34)36/h2-14,18,20,24,35H,15-17,19H2,1H3/t20-,24+,32+/m0/s1. The molecule has 0 radical (unpaired) electrons. The van der Waals surface area contributed by atoms with Crippen LogP contribution in [0, 0.1) is 5.92 Å². The maximum absolute atomic E-state index is 14.1. The minimum atomic E-state index is -1.03. The summed E-state index contributed by atoms with van der Waals surface area (Å²) in [5.74, 6) is -0.115. The molecular weight excluding hydrogens is 476 g/mol. The molecule has 3 atom stereocenters. The molecule has 1 N–H and O–H groups in total. The van der Waals surface area contributed by atoms with Gasteiger partial charge >= 0.3 is 0 Å². The first-order valence-electron chi connectivity index (χ1n) is 13.2. The Morgan fingerprint density at radius 2 is 1.71 bits per heavy atom. The van der Waals surface area contributed by atoms with Crippen molar-refractivity contribution in [3.8, 4) is 0 Å². The fraction of sp³-hybridized carbons (Fsp3) is 0.250. The molecule has 3 heterocycles. The number of hydrogen-bond donors (Lipinski definition) is 1. The van der Waals surface area contributed by atoms with Crippen LogP contribution in [0.25, 0.3) is 10.8 Å². The van der Waals surface area contributed by atoms with Crippen LogP contribution in [-0.4, -0.2) is 29.6 Å². The van der Waals surface area contributed by atoms with Crippen LogP contribution in [0.3, 0.4) is 0 Å². The van der Waals surface area contributed by atoms with Gasteiger partial charge < -0.3 is 14.7 Å². The van der Waals surface area contributed by atoms with E-state index >= 15 is 0 Å². The predicted octanol–water partition coefficient (Wildman–Crippen LogP) is 5.68. The normalized spacial score (nSPS) is 23.7. The topological polar surface area (TPSA) is 70.1 Å². The van der Waals surface area contributed by atoms with E-state index in [9.17, 15) is 14.7 Å². The summed E-state index contributed by atoms with van der Waals surface area (Å²) in [5.41, 5.74) is 4.01. The number of benzene rings is 4. The molecule has 4 aromatic rings. The van der Waals surface area contributed by atoms with Crippen molar-refractivity contribution in [2.24, 2.45) is 5.92 Å². The van der Waals surface area contributed by atoms with Gasteiger partial charge in [-0.15, -0.1) is 0 Å². The molecule has 38 heavy (non-hydrogen) atoms. The minimum absolute atomic E-state index is 0.00903. The molecule has 1 fully saturated rings. The monoisotopic (exact) mass is 504 g/mol. The zero-order chi connectivity index (χ0) is 26.0. The number of carbonyl (C=O) groups excluding carboxylic acids is 2. The summed E-state index contributed by atoms with van der Waals surface area (Å²) in [7, 11) is 0. The second-order valence-corrected chi connectivity index (χ2v) is 10.5. The van der Waals surface area contributed by atoms with Crippen molar-refractivity contribution in [2.45, 2.75) is 38.0 Å². The van der Waals surface area contributed by atoms with Gasteiger partial charge in [0.25, 0.3) is 11.8 Å². The second kappa shape index (κ2) is 8.51. The Morgan fingerprint density at radius 1 is 0.947 bits per heavy atom. The van der Waals surface area contributed by atoms with Crippen molar-refractivity contribution in [1.82, 2.24) is 0 Å². The molecule has 4 aromatic carbocycles. The third-order valence-corrected chi connectivity index (χ3v) is 8.34. The molecule has 0 aliphatic carbocycles. The number of ether oxygens (including phenoxy) is 1. The van der Waals surface area contributed by atoms with E-state index < -0.39 is 5.60 Å². The molecule has 190 valence electrons. The van der Waals surface area contributed by atoms with Crippen LogP contribution in [-0.2, 0) is 21.7 Å². The zero-order valence-corrected chi connectivity index (χ0v) is 21.1. The highest BCUT2D eigenvalue weighted by atomic mass is 16.5. The number of carbonyl (C=O) groups is 2. The maximum Gasteiger partial charge on any atom is 0.264 e. The summed E-state index contributed by atoms with van der Waals surface area (Å²) < 4.78 is 6.45. The van der Waals surface area contributed by atoms with Gasteiger partial charge in [0.15, 0.2) is 5.60 Å². The largest absolute Gasteiger partial charge is 0.396 e. The van der Waals surface area contributed by atoms with Gasteiger partial charge in [0.1, 0.15) is 0 Å². The fourth-order valence-electron chi connectivity index (χ4n) is 6.65. The van der Waals surface area contributed by atoms with Gasteiger partial charge in [-0.2, -0.15) is 0 Å². The molecular formula is C32H28N2O4. The molecule has 0 aromatic heterocycles. The lowest BCUT2D eigenvalue weighted by atomic mass is 9.83. The van der Waals surface area contributed by atoms with E-state index in [-0.39, 0.29) is 30.4 Å². The number of amides is 2. The fourth-order valence-corrected chi connectivity index (χ4v) is 6.65. The van der Waals surface area contributed by atoms with Gasteiger partial charge in [0, 0.05) is 29.2 Å². The van der Waals surface area contributed by atoms with E-state index in [0.29, 0.717) is 18.5 Å². The van der Waals surface area contributed by atoms with Crippen LogP contribution in [0.1, 0.15) is 41.3 Å². The number of nitrogens with zero attached hydrogens (tertiary/aromatic N) is 2. The molecule has 6 nitrogen and oxygen atoms in total. The van der Waals surface area contributed by atoms with Crippen molar-refractivity contribution in [3.05, 3.63) is 102 Å². The van der Waals surface area contributed by atoms with Crippen LogP contribution in [0.2, 0.25) is 0 Å².